The zero-order valence-electron chi connectivity index (χ0n) is 10.9. The molecular weight excluding hydrogens is 346 g/mol. The van der Waals surface area contributed by atoms with E-state index in [9.17, 15) is 0 Å². The summed E-state index contributed by atoms with van der Waals surface area (Å²) in [6.45, 7) is 0. The topological polar surface area (TPSA) is 51.8 Å². The van der Waals surface area contributed by atoms with Crippen LogP contribution in [0.1, 0.15) is 0 Å². The fraction of sp³-hybridized carbons (Fsp3) is 0. The lowest BCUT2D eigenvalue weighted by atomic mass is 10.1. The minimum absolute atomic E-state index is 0.506. The Labute approximate surface area is 133 Å². The zero-order chi connectivity index (χ0) is 14.4. The van der Waals surface area contributed by atoms with Crippen LogP contribution in [0.25, 0.3) is 32.4 Å². The minimum atomic E-state index is 0.506. The molecular formula is C16H10BrN3S. The van der Waals surface area contributed by atoms with Crippen molar-refractivity contribution in [2.75, 3.05) is 5.73 Å². The van der Waals surface area contributed by atoms with E-state index in [0.717, 1.165) is 20.9 Å². The number of hydrogen-bond donors (Lipinski definition) is 1. The first-order valence-corrected chi connectivity index (χ1v) is 8.09. The van der Waals surface area contributed by atoms with Gasteiger partial charge in [-0.05, 0) is 24.3 Å². The van der Waals surface area contributed by atoms with Crippen molar-refractivity contribution in [3.63, 3.8) is 0 Å². The van der Waals surface area contributed by atoms with Crippen LogP contribution in [0, 0.1) is 0 Å². The fourth-order valence-electron chi connectivity index (χ4n) is 2.40. The van der Waals surface area contributed by atoms with Crippen LogP contribution in [-0.4, -0.2) is 9.97 Å². The summed E-state index contributed by atoms with van der Waals surface area (Å²) in [5.41, 5.74) is 8.00. The summed E-state index contributed by atoms with van der Waals surface area (Å²) in [6, 6.07) is 14.1. The Morgan fingerprint density at radius 3 is 2.76 bits per heavy atom. The Bertz CT molecular complexity index is 978. The van der Waals surface area contributed by atoms with Crippen molar-refractivity contribution in [3.8, 4) is 11.4 Å². The molecule has 5 heteroatoms. The third kappa shape index (κ3) is 2.09. The molecule has 4 rings (SSSR count). The van der Waals surface area contributed by atoms with Gasteiger partial charge >= 0.3 is 0 Å². The standard InChI is InChI=1S/C16H10BrN3S/c17-9-5-6-13-11(7-9)15(18)20-16(19-13)12-8-21-14-4-2-1-3-10(12)14/h1-8H,(H2,18,19,20). The molecule has 0 aliphatic rings. The van der Waals surface area contributed by atoms with E-state index in [2.05, 4.69) is 43.4 Å². The van der Waals surface area contributed by atoms with Crippen LogP contribution < -0.4 is 5.73 Å². The van der Waals surface area contributed by atoms with Crippen LogP contribution in [0.15, 0.2) is 52.3 Å². The number of halogens is 1. The highest BCUT2D eigenvalue weighted by Gasteiger charge is 2.11. The average Bonchev–Trinajstić information content (AvgIpc) is 2.92. The normalized spacial score (nSPS) is 11.3. The van der Waals surface area contributed by atoms with Gasteiger partial charge in [0.2, 0.25) is 0 Å². The minimum Gasteiger partial charge on any atom is -0.383 e. The van der Waals surface area contributed by atoms with Gasteiger partial charge in [-0.15, -0.1) is 11.3 Å². The lowest BCUT2D eigenvalue weighted by molar-refractivity contribution is 1.24. The molecule has 0 amide bonds. The Balaban J connectivity index is 2.00. The molecule has 0 atom stereocenters. The van der Waals surface area contributed by atoms with Crippen LogP contribution >= 0.6 is 27.3 Å². The quantitative estimate of drug-likeness (QED) is 0.530. The monoisotopic (exact) mass is 355 g/mol. The van der Waals surface area contributed by atoms with Crippen molar-refractivity contribution >= 4 is 54.1 Å². The maximum absolute atomic E-state index is 6.11. The van der Waals surface area contributed by atoms with Crippen LogP contribution in [0.3, 0.4) is 0 Å². The van der Waals surface area contributed by atoms with Gasteiger partial charge in [-0.25, -0.2) is 9.97 Å². The Morgan fingerprint density at radius 2 is 1.86 bits per heavy atom. The van der Waals surface area contributed by atoms with Gasteiger partial charge in [-0.3, -0.25) is 0 Å². The van der Waals surface area contributed by atoms with Crippen molar-refractivity contribution in [3.05, 3.63) is 52.3 Å². The van der Waals surface area contributed by atoms with E-state index < -0.39 is 0 Å². The van der Waals surface area contributed by atoms with Crippen molar-refractivity contribution in [2.24, 2.45) is 0 Å². The first-order chi connectivity index (χ1) is 10.2. The number of thiophene rings is 1. The molecule has 0 spiro atoms. The predicted molar refractivity (Wildman–Crippen MR) is 92.5 cm³/mol. The van der Waals surface area contributed by atoms with E-state index in [-0.39, 0.29) is 0 Å². The molecule has 2 aromatic heterocycles. The third-order valence-corrected chi connectivity index (χ3v) is 4.87. The highest BCUT2D eigenvalue weighted by molar-refractivity contribution is 9.10. The smallest absolute Gasteiger partial charge is 0.163 e. The first-order valence-electron chi connectivity index (χ1n) is 6.42. The van der Waals surface area contributed by atoms with Gasteiger partial charge in [-0.2, -0.15) is 0 Å². The number of benzene rings is 2. The molecule has 102 valence electrons. The van der Waals surface area contributed by atoms with Crippen LogP contribution in [-0.2, 0) is 0 Å². The highest BCUT2D eigenvalue weighted by Crippen LogP contribution is 2.33. The summed E-state index contributed by atoms with van der Waals surface area (Å²) in [5, 5.41) is 4.12. The third-order valence-electron chi connectivity index (χ3n) is 3.41. The number of rotatable bonds is 1. The summed E-state index contributed by atoms with van der Waals surface area (Å²) in [5.74, 6) is 1.19. The summed E-state index contributed by atoms with van der Waals surface area (Å²) < 4.78 is 2.20. The SMILES string of the molecule is Nc1nc(-c2csc3ccccc23)nc2ccc(Br)cc12. The highest BCUT2D eigenvalue weighted by atomic mass is 79.9. The number of aromatic nitrogens is 2. The average molecular weight is 356 g/mol. The second-order valence-corrected chi connectivity index (χ2v) is 6.57. The van der Waals surface area contributed by atoms with Gasteiger partial charge in [-0.1, -0.05) is 34.1 Å². The summed E-state index contributed by atoms with van der Waals surface area (Å²) in [4.78, 5) is 9.15. The molecule has 2 N–H and O–H groups in total. The van der Waals surface area contributed by atoms with Gasteiger partial charge < -0.3 is 5.73 Å². The lowest BCUT2D eigenvalue weighted by Crippen LogP contribution is -1.97. The Kier molecular flexibility index (Phi) is 2.90. The van der Waals surface area contributed by atoms with Crippen molar-refractivity contribution in [1.29, 1.82) is 0 Å². The lowest BCUT2D eigenvalue weighted by Gasteiger charge is -2.05. The molecule has 0 bridgehead atoms. The molecule has 0 unspecified atom stereocenters. The molecule has 2 aromatic carbocycles. The molecule has 21 heavy (non-hydrogen) atoms. The van der Waals surface area contributed by atoms with E-state index in [1.807, 2.05) is 30.3 Å². The van der Waals surface area contributed by atoms with E-state index >= 15 is 0 Å². The molecule has 4 aromatic rings. The summed E-state index contributed by atoms with van der Waals surface area (Å²) in [6.07, 6.45) is 0. The molecule has 3 nitrogen and oxygen atoms in total. The molecule has 0 radical (unpaired) electrons. The van der Waals surface area contributed by atoms with Crippen molar-refractivity contribution < 1.29 is 0 Å². The van der Waals surface area contributed by atoms with E-state index in [0.29, 0.717) is 11.6 Å². The molecule has 0 saturated carbocycles. The Morgan fingerprint density at radius 1 is 1.00 bits per heavy atom. The number of nitrogen functional groups attached to an aromatic ring is 1. The molecule has 2 heterocycles. The van der Waals surface area contributed by atoms with Crippen LogP contribution in [0.2, 0.25) is 0 Å². The van der Waals surface area contributed by atoms with E-state index in [1.54, 1.807) is 11.3 Å². The van der Waals surface area contributed by atoms with E-state index in [1.165, 1.54) is 10.1 Å². The first kappa shape index (κ1) is 12.7. The molecule has 0 aliphatic carbocycles. The van der Waals surface area contributed by atoms with Crippen LogP contribution in [0.5, 0.6) is 0 Å². The fourth-order valence-corrected chi connectivity index (χ4v) is 3.70. The zero-order valence-corrected chi connectivity index (χ0v) is 13.3. The van der Waals surface area contributed by atoms with Crippen molar-refractivity contribution in [1.82, 2.24) is 9.97 Å². The second kappa shape index (κ2) is 4.79. The molecule has 0 fully saturated rings. The molecule has 0 saturated heterocycles. The largest absolute Gasteiger partial charge is 0.383 e. The number of fused-ring (bicyclic) bond motifs is 2. The number of nitrogens with two attached hydrogens (primary N) is 1. The maximum atomic E-state index is 6.11. The van der Waals surface area contributed by atoms with Crippen molar-refractivity contribution in [2.45, 2.75) is 0 Å². The van der Waals surface area contributed by atoms with Crippen LogP contribution in [0.4, 0.5) is 5.82 Å². The van der Waals surface area contributed by atoms with E-state index in [4.69, 9.17) is 5.73 Å². The number of hydrogen-bond acceptors (Lipinski definition) is 4. The van der Waals surface area contributed by atoms with Gasteiger partial charge in [0.15, 0.2) is 5.82 Å². The van der Waals surface area contributed by atoms with Gasteiger partial charge in [0, 0.05) is 30.9 Å². The summed E-state index contributed by atoms with van der Waals surface area (Å²) in [7, 11) is 0. The Hall–Kier alpha value is -1.98. The number of nitrogens with zero attached hydrogens (tertiary/aromatic N) is 2. The summed E-state index contributed by atoms with van der Waals surface area (Å²) >= 11 is 5.14. The van der Waals surface area contributed by atoms with Gasteiger partial charge in [0.05, 0.1) is 5.52 Å². The molecule has 0 aliphatic heterocycles. The number of anilines is 1. The van der Waals surface area contributed by atoms with Gasteiger partial charge in [0.1, 0.15) is 5.82 Å². The second-order valence-electron chi connectivity index (χ2n) is 4.74. The predicted octanol–water partition coefficient (Wildman–Crippen LogP) is 4.86. The van der Waals surface area contributed by atoms with Gasteiger partial charge in [0.25, 0.3) is 0 Å². The maximum Gasteiger partial charge on any atom is 0.163 e.